The highest BCUT2D eigenvalue weighted by Crippen LogP contribution is 2.13. The molecule has 100 valence electrons. The van der Waals surface area contributed by atoms with Crippen LogP contribution in [0.25, 0.3) is 0 Å². The van der Waals surface area contributed by atoms with Gasteiger partial charge in [-0.2, -0.15) is 0 Å². The number of hydrogen-bond donors (Lipinski definition) is 4. The Bertz CT molecular complexity index is 556. The molecular formula is C11H13FN6O. The van der Waals surface area contributed by atoms with Gasteiger partial charge >= 0.3 is 0 Å². The van der Waals surface area contributed by atoms with E-state index in [9.17, 15) is 9.18 Å². The van der Waals surface area contributed by atoms with Crippen LogP contribution >= 0.6 is 0 Å². The van der Waals surface area contributed by atoms with Crippen molar-refractivity contribution < 1.29 is 9.18 Å². The number of carbonyl (C=O) groups is 1. The highest BCUT2D eigenvalue weighted by molar-refractivity contribution is 5.95. The summed E-state index contributed by atoms with van der Waals surface area (Å²) in [6.45, 7) is 0.347. The van der Waals surface area contributed by atoms with Crippen molar-refractivity contribution in [3.05, 3.63) is 41.9 Å². The molecular weight excluding hydrogens is 251 g/mol. The van der Waals surface area contributed by atoms with Gasteiger partial charge in [-0.1, -0.05) is 0 Å². The summed E-state index contributed by atoms with van der Waals surface area (Å²) in [4.78, 5) is 22.4. The second-order valence-corrected chi connectivity index (χ2v) is 3.71. The number of halogens is 1. The van der Waals surface area contributed by atoms with Crippen molar-refractivity contribution >= 4 is 11.7 Å². The summed E-state index contributed by atoms with van der Waals surface area (Å²) in [5.74, 6) is 4.37. The molecule has 0 aromatic carbocycles. The number of hydrazine groups is 1. The Morgan fingerprint density at radius 1 is 1.42 bits per heavy atom. The van der Waals surface area contributed by atoms with Crippen molar-refractivity contribution in [2.24, 2.45) is 5.84 Å². The first-order valence-electron chi connectivity index (χ1n) is 5.60. The lowest BCUT2D eigenvalue weighted by Gasteiger charge is -2.07. The number of nitrogen functional groups attached to an aromatic ring is 1. The van der Waals surface area contributed by atoms with E-state index in [0.717, 1.165) is 5.82 Å². The van der Waals surface area contributed by atoms with Crippen LogP contribution in [0.3, 0.4) is 0 Å². The number of nitrogens with zero attached hydrogens (tertiary/aromatic N) is 2. The number of anilines is 1. The maximum absolute atomic E-state index is 13.7. The largest absolute Gasteiger partial charge is 0.351 e. The average Bonchev–Trinajstić information content (AvgIpc) is 2.92. The van der Waals surface area contributed by atoms with E-state index in [1.54, 1.807) is 12.4 Å². The minimum absolute atomic E-state index is 0.109. The molecule has 0 radical (unpaired) electrons. The number of rotatable bonds is 5. The summed E-state index contributed by atoms with van der Waals surface area (Å²) in [6.07, 6.45) is 5.16. The first kappa shape index (κ1) is 13.0. The lowest BCUT2D eigenvalue weighted by Crippen LogP contribution is -2.27. The number of aromatic nitrogens is 3. The van der Waals surface area contributed by atoms with Crippen molar-refractivity contribution in [1.82, 2.24) is 20.3 Å². The van der Waals surface area contributed by atoms with E-state index >= 15 is 0 Å². The van der Waals surface area contributed by atoms with Gasteiger partial charge in [0.1, 0.15) is 5.82 Å². The van der Waals surface area contributed by atoms with Crippen LogP contribution in [0.15, 0.2) is 24.7 Å². The Morgan fingerprint density at radius 2 is 2.26 bits per heavy atom. The van der Waals surface area contributed by atoms with Crippen LogP contribution in [-0.2, 0) is 6.42 Å². The molecule has 0 unspecified atom stereocenters. The number of imidazole rings is 1. The van der Waals surface area contributed by atoms with Crippen molar-refractivity contribution in [2.75, 3.05) is 12.0 Å². The molecule has 7 nitrogen and oxygen atoms in total. The number of hydrogen-bond acceptors (Lipinski definition) is 5. The zero-order valence-electron chi connectivity index (χ0n) is 9.98. The summed E-state index contributed by atoms with van der Waals surface area (Å²) >= 11 is 0. The average molecular weight is 264 g/mol. The van der Waals surface area contributed by atoms with Crippen LogP contribution < -0.4 is 16.6 Å². The molecule has 2 rings (SSSR count). The monoisotopic (exact) mass is 264 g/mol. The molecule has 0 atom stereocenters. The first-order valence-corrected chi connectivity index (χ1v) is 5.60. The van der Waals surface area contributed by atoms with Gasteiger partial charge in [-0.3, -0.25) is 4.79 Å². The van der Waals surface area contributed by atoms with Crippen LogP contribution in [0.2, 0.25) is 0 Å². The molecule has 19 heavy (non-hydrogen) atoms. The van der Waals surface area contributed by atoms with E-state index in [4.69, 9.17) is 5.84 Å². The van der Waals surface area contributed by atoms with Crippen molar-refractivity contribution in [1.29, 1.82) is 0 Å². The number of H-pyrrole nitrogens is 1. The van der Waals surface area contributed by atoms with Gasteiger partial charge in [0.05, 0.1) is 5.56 Å². The Labute approximate surface area is 108 Å². The molecule has 0 aliphatic heterocycles. The fraction of sp³-hybridized carbons (Fsp3) is 0.182. The van der Waals surface area contributed by atoms with Gasteiger partial charge in [-0.15, -0.1) is 0 Å². The normalized spacial score (nSPS) is 10.2. The van der Waals surface area contributed by atoms with Crippen molar-refractivity contribution in [3.8, 4) is 0 Å². The SMILES string of the molecule is NNc1nccc(C(=O)NCCc2ncc[nH]2)c1F. The third-order valence-electron chi connectivity index (χ3n) is 2.47. The Morgan fingerprint density at radius 3 is 2.95 bits per heavy atom. The van der Waals surface area contributed by atoms with Crippen LogP contribution in [0.1, 0.15) is 16.2 Å². The van der Waals surface area contributed by atoms with Crippen LogP contribution in [0.5, 0.6) is 0 Å². The molecule has 0 fully saturated rings. The fourth-order valence-electron chi connectivity index (χ4n) is 1.54. The minimum Gasteiger partial charge on any atom is -0.351 e. The molecule has 2 heterocycles. The van der Waals surface area contributed by atoms with Gasteiger partial charge in [0.2, 0.25) is 0 Å². The molecule has 0 aliphatic carbocycles. The number of pyridine rings is 1. The quantitative estimate of drug-likeness (QED) is 0.456. The molecule has 0 spiro atoms. The van der Waals surface area contributed by atoms with E-state index in [2.05, 4.69) is 25.7 Å². The van der Waals surface area contributed by atoms with E-state index < -0.39 is 11.7 Å². The highest BCUT2D eigenvalue weighted by atomic mass is 19.1. The third kappa shape index (κ3) is 3.05. The van der Waals surface area contributed by atoms with Gasteiger partial charge in [0.25, 0.3) is 5.91 Å². The van der Waals surface area contributed by atoms with Crippen LogP contribution in [0.4, 0.5) is 10.2 Å². The van der Waals surface area contributed by atoms with Crippen LogP contribution in [-0.4, -0.2) is 27.4 Å². The maximum Gasteiger partial charge on any atom is 0.254 e. The number of nitrogens with two attached hydrogens (primary N) is 1. The lowest BCUT2D eigenvalue weighted by molar-refractivity contribution is 0.0950. The molecule has 0 bridgehead atoms. The molecule has 2 aromatic heterocycles. The molecule has 1 amide bonds. The van der Waals surface area contributed by atoms with Gasteiger partial charge < -0.3 is 15.7 Å². The lowest BCUT2D eigenvalue weighted by atomic mass is 10.2. The Balaban J connectivity index is 1.96. The second-order valence-electron chi connectivity index (χ2n) is 3.71. The Hall–Kier alpha value is -2.48. The summed E-state index contributed by atoms with van der Waals surface area (Å²) in [6, 6.07) is 1.29. The summed E-state index contributed by atoms with van der Waals surface area (Å²) < 4.78 is 13.7. The number of nitrogens with one attached hydrogen (secondary N) is 3. The minimum atomic E-state index is -0.777. The summed E-state index contributed by atoms with van der Waals surface area (Å²) in [7, 11) is 0. The maximum atomic E-state index is 13.7. The molecule has 0 saturated carbocycles. The summed E-state index contributed by atoms with van der Waals surface area (Å²) in [5.41, 5.74) is 1.98. The fourth-order valence-corrected chi connectivity index (χ4v) is 1.54. The second kappa shape index (κ2) is 5.91. The zero-order chi connectivity index (χ0) is 13.7. The van der Waals surface area contributed by atoms with Gasteiger partial charge in [0, 0.05) is 31.6 Å². The van der Waals surface area contributed by atoms with E-state index in [-0.39, 0.29) is 11.4 Å². The molecule has 8 heteroatoms. The number of carbonyl (C=O) groups excluding carboxylic acids is 1. The predicted molar refractivity (Wildman–Crippen MR) is 66.6 cm³/mol. The van der Waals surface area contributed by atoms with E-state index in [1.807, 2.05) is 0 Å². The predicted octanol–water partition coefficient (Wildman–Crippen LogP) is 0.202. The smallest absolute Gasteiger partial charge is 0.254 e. The number of amides is 1. The van der Waals surface area contributed by atoms with Gasteiger partial charge in [-0.25, -0.2) is 20.2 Å². The standard InChI is InChI=1S/C11H13FN6O/c12-9-7(1-3-16-10(9)18-13)11(19)17-4-2-8-14-5-6-15-8/h1,3,5-6H,2,4,13H2,(H,14,15)(H,16,18)(H,17,19). The van der Waals surface area contributed by atoms with Crippen LogP contribution in [0, 0.1) is 5.82 Å². The first-order chi connectivity index (χ1) is 9.22. The van der Waals surface area contributed by atoms with Crippen molar-refractivity contribution in [3.63, 3.8) is 0 Å². The Kier molecular flexibility index (Phi) is 4.04. The topological polar surface area (TPSA) is 109 Å². The molecule has 0 aliphatic rings. The zero-order valence-corrected chi connectivity index (χ0v) is 9.98. The molecule has 2 aromatic rings. The van der Waals surface area contributed by atoms with Gasteiger partial charge in [0.15, 0.2) is 11.6 Å². The van der Waals surface area contributed by atoms with Crippen molar-refractivity contribution in [2.45, 2.75) is 6.42 Å². The number of aromatic amines is 1. The van der Waals surface area contributed by atoms with E-state index in [0.29, 0.717) is 13.0 Å². The molecule has 0 saturated heterocycles. The van der Waals surface area contributed by atoms with Gasteiger partial charge in [-0.05, 0) is 6.07 Å². The third-order valence-corrected chi connectivity index (χ3v) is 2.47. The summed E-state index contributed by atoms with van der Waals surface area (Å²) in [5, 5.41) is 2.59. The van der Waals surface area contributed by atoms with E-state index in [1.165, 1.54) is 12.3 Å². The highest BCUT2D eigenvalue weighted by Gasteiger charge is 2.15. The molecule has 5 N–H and O–H groups in total.